The van der Waals surface area contributed by atoms with Crippen LogP contribution in [-0.4, -0.2) is 51.7 Å². The van der Waals surface area contributed by atoms with Crippen molar-refractivity contribution in [2.75, 3.05) is 19.7 Å². The second-order valence-electron chi connectivity index (χ2n) is 6.55. The van der Waals surface area contributed by atoms with Gasteiger partial charge in [-0.3, -0.25) is 15.1 Å². The third kappa shape index (κ3) is 4.27. The molecule has 0 radical (unpaired) electrons. The number of carbonyl (C=O) groups excluding carboxylic acids is 1. The Bertz CT molecular complexity index is 690. The fourth-order valence-corrected chi connectivity index (χ4v) is 3.34. The van der Waals surface area contributed by atoms with Crippen molar-refractivity contribution in [3.63, 3.8) is 0 Å². The molecule has 1 aliphatic rings. The van der Waals surface area contributed by atoms with E-state index >= 15 is 0 Å². The van der Waals surface area contributed by atoms with E-state index < -0.39 is 18.2 Å². The van der Waals surface area contributed by atoms with Gasteiger partial charge in [0.15, 0.2) is 0 Å². The van der Waals surface area contributed by atoms with Gasteiger partial charge in [-0.05, 0) is 36.1 Å². The topological polar surface area (TPSA) is 85.7 Å². The fraction of sp³-hybridized carbons (Fsp3) is 0.400. The second-order valence-corrected chi connectivity index (χ2v) is 6.55. The fourth-order valence-electron chi connectivity index (χ4n) is 3.34. The molecule has 1 fully saturated rings. The number of hydrogen-bond acceptors (Lipinski definition) is 5. The number of nitrogens with zero attached hydrogens (tertiary/aromatic N) is 2. The highest BCUT2D eigenvalue weighted by molar-refractivity contribution is 5.83. The molecule has 0 spiro atoms. The van der Waals surface area contributed by atoms with Gasteiger partial charge in [0.05, 0.1) is 12.6 Å². The number of aromatic nitrogens is 1. The number of carbonyl (C=O) groups is 1. The number of nitrogens with one attached hydrogen (secondary N) is 1. The van der Waals surface area contributed by atoms with Crippen molar-refractivity contribution in [2.45, 2.75) is 31.0 Å². The zero-order valence-corrected chi connectivity index (χ0v) is 14.7. The molecular weight excluding hydrogens is 330 g/mol. The van der Waals surface area contributed by atoms with Gasteiger partial charge < -0.3 is 15.1 Å². The van der Waals surface area contributed by atoms with Crippen molar-refractivity contribution < 1.29 is 15.0 Å². The van der Waals surface area contributed by atoms with Gasteiger partial charge in [0.2, 0.25) is 5.91 Å². The summed E-state index contributed by atoms with van der Waals surface area (Å²) in [5, 5.41) is 23.9. The molecule has 1 saturated heterocycles. The Labute approximate surface area is 153 Å². The maximum absolute atomic E-state index is 13.0. The second kappa shape index (κ2) is 8.89. The summed E-state index contributed by atoms with van der Waals surface area (Å²) in [6.45, 7) is 1.24. The first-order valence-corrected chi connectivity index (χ1v) is 8.99. The highest BCUT2D eigenvalue weighted by Crippen LogP contribution is 2.23. The van der Waals surface area contributed by atoms with Gasteiger partial charge in [-0.1, -0.05) is 30.3 Å². The quantitative estimate of drug-likeness (QED) is 0.700. The summed E-state index contributed by atoms with van der Waals surface area (Å²) in [4.78, 5) is 18.8. The van der Waals surface area contributed by atoms with Crippen LogP contribution in [0, 0.1) is 0 Å². The number of pyridine rings is 1. The normalized spacial score (nSPS) is 17.7. The summed E-state index contributed by atoms with van der Waals surface area (Å²) >= 11 is 0. The molecule has 0 aliphatic carbocycles. The third-order valence-electron chi connectivity index (χ3n) is 4.81. The van der Waals surface area contributed by atoms with Crippen LogP contribution in [0.4, 0.5) is 0 Å². The summed E-state index contributed by atoms with van der Waals surface area (Å²) in [7, 11) is 0. The lowest BCUT2D eigenvalue weighted by Gasteiger charge is -2.31. The molecule has 1 aromatic carbocycles. The minimum atomic E-state index is -1.02. The van der Waals surface area contributed by atoms with Crippen LogP contribution >= 0.6 is 0 Å². The maximum Gasteiger partial charge on any atom is 0.242 e. The van der Waals surface area contributed by atoms with E-state index in [0.717, 1.165) is 18.4 Å². The number of aliphatic hydroxyl groups is 2. The number of rotatable bonds is 7. The van der Waals surface area contributed by atoms with Crippen LogP contribution in [0.25, 0.3) is 0 Å². The van der Waals surface area contributed by atoms with Gasteiger partial charge in [-0.2, -0.15) is 0 Å². The van der Waals surface area contributed by atoms with Crippen LogP contribution in [0.3, 0.4) is 0 Å². The molecule has 0 bridgehead atoms. The van der Waals surface area contributed by atoms with Crippen LogP contribution in [0.5, 0.6) is 0 Å². The molecular formula is C20H25N3O3. The molecule has 6 heteroatoms. The molecule has 1 aliphatic heterocycles. The standard InChI is InChI=1S/C20H25N3O3/c24-14-17(15-6-2-1-3-7-15)22-18(20(26)23-12-4-5-13-23)19(25)16-8-10-21-11-9-16/h1-3,6-11,17-19,22,24-25H,4-5,12-14H2/t17?,18-,19+/m1/s1. The van der Waals surface area contributed by atoms with Crippen LogP contribution in [0.15, 0.2) is 54.9 Å². The Kier molecular flexibility index (Phi) is 6.33. The minimum Gasteiger partial charge on any atom is -0.394 e. The Morgan fingerprint density at radius 3 is 2.35 bits per heavy atom. The lowest BCUT2D eigenvalue weighted by Crippen LogP contribution is -2.50. The molecule has 1 aromatic heterocycles. The van der Waals surface area contributed by atoms with E-state index in [9.17, 15) is 15.0 Å². The van der Waals surface area contributed by atoms with Crippen LogP contribution in [-0.2, 0) is 4.79 Å². The lowest BCUT2D eigenvalue weighted by atomic mass is 9.99. The summed E-state index contributed by atoms with van der Waals surface area (Å²) < 4.78 is 0. The molecule has 1 amide bonds. The maximum atomic E-state index is 13.0. The first-order chi connectivity index (χ1) is 12.7. The Balaban J connectivity index is 1.85. The highest BCUT2D eigenvalue weighted by atomic mass is 16.3. The largest absolute Gasteiger partial charge is 0.394 e. The van der Waals surface area contributed by atoms with Crippen LogP contribution < -0.4 is 5.32 Å². The average molecular weight is 355 g/mol. The predicted molar refractivity (Wildman–Crippen MR) is 98.2 cm³/mol. The SMILES string of the molecule is O=C([C@H](NC(CO)c1ccccc1)[C@@H](O)c1ccncc1)N1CCCC1. The molecule has 2 heterocycles. The molecule has 2 aromatic rings. The van der Waals surface area contributed by atoms with Gasteiger partial charge in [-0.15, -0.1) is 0 Å². The third-order valence-corrected chi connectivity index (χ3v) is 4.81. The Morgan fingerprint density at radius 1 is 1.08 bits per heavy atom. The Hall–Kier alpha value is -2.28. The smallest absolute Gasteiger partial charge is 0.242 e. The van der Waals surface area contributed by atoms with E-state index in [1.165, 1.54) is 0 Å². The summed E-state index contributed by atoms with van der Waals surface area (Å²) in [6.07, 6.45) is 4.12. The van der Waals surface area contributed by atoms with Crippen molar-refractivity contribution in [1.29, 1.82) is 0 Å². The molecule has 26 heavy (non-hydrogen) atoms. The Morgan fingerprint density at radius 2 is 1.73 bits per heavy atom. The van der Waals surface area contributed by atoms with Gasteiger partial charge in [0.1, 0.15) is 12.1 Å². The van der Waals surface area contributed by atoms with E-state index in [1.807, 2.05) is 30.3 Å². The van der Waals surface area contributed by atoms with Crippen LogP contribution in [0.1, 0.15) is 36.1 Å². The molecule has 138 valence electrons. The number of likely N-dealkylation sites (tertiary alicyclic amines) is 1. The minimum absolute atomic E-state index is 0.138. The first kappa shape index (κ1) is 18.5. The van der Waals surface area contributed by atoms with E-state index in [-0.39, 0.29) is 12.5 Å². The van der Waals surface area contributed by atoms with Gasteiger partial charge in [0, 0.05) is 25.5 Å². The van der Waals surface area contributed by atoms with Crippen molar-refractivity contribution in [2.24, 2.45) is 0 Å². The average Bonchev–Trinajstić information content (AvgIpc) is 3.24. The summed E-state index contributed by atoms with van der Waals surface area (Å²) in [5.41, 5.74) is 1.49. The molecule has 0 saturated carbocycles. The van der Waals surface area contributed by atoms with Crippen LogP contribution in [0.2, 0.25) is 0 Å². The molecule has 3 rings (SSSR count). The van der Waals surface area contributed by atoms with Gasteiger partial charge in [0.25, 0.3) is 0 Å². The summed E-state index contributed by atoms with van der Waals surface area (Å²) in [6, 6.07) is 11.6. The summed E-state index contributed by atoms with van der Waals surface area (Å²) in [5.74, 6) is -0.138. The molecule has 6 nitrogen and oxygen atoms in total. The zero-order valence-electron chi connectivity index (χ0n) is 14.7. The molecule has 1 unspecified atom stereocenters. The van der Waals surface area contributed by atoms with Crippen molar-refractivity contribution >= 4 is 5.91 Å². The van der Waals surface area contributed by atoms with Gasteiger partial charge in [-0.25, -0.2) is 0 Å². The monoisotopic (exact) mass is 355 g/mol. The first-order valence-electron chi connectivity index (χ1n) is 8.99. The number of benzene rings is 1. The van der Waals surface area contributed by atoms with E-state index in [1.54, 1.807) is 29.4 Å². The lowest BCUT2D eigenvalue weighted by molar-refractivity contribution is -0.135. The predicted octanol–water partition coefficient (Wildman–Crippen LogP) is 1.43. The van der Waals surface area contributed by atoms with E-state index in [2.05, 4.69) is 10.3 Å². The molecule has 3 atom stereocenters. The van der Waals surface area contributed by atoms with Crippen molar-refractivity contribution in [1.82, 2.24) is 15.2 Å². The van der Waals surface area contributed by atoms with E-state index in [4.69, 9.17) is 0 Å². The van der Waals surface area contributed by atoms with E-state index in [0.29, 0.717) is 18.7 Å². The number of hydrogen-bond donors (Lipinski definition) is 3. The van der Waals surface area contributed by atoms with Crippen molar-refractivity contribution in [3.05, 3.63) is 66.0 Å². The molecule has 3 N–H and O–H groups in total. The number of amides is 1. The van der Waals surface area contributed by atoms with Crippen molar-refractivity contribution in [3.8, 4) is 0 Å². The van der Waals surface area contributed by atoms with Gasteiger partial charge >= 0.3 is 0 Å². The highest BCUT2D eigenvalue weighted by Gasteiger charge is 2.34. The zero-order chi connectivity index (χ0) is 18.4. The number of aliphatic hydroxyl groups excluding tert-OH is 2.